The summed E-state index contributed by atoms with van der Waals surface area (Å²) in [5.41, 5.74) is 0. The molecule has 0 radical (unpaired) electrons. The molecule has 1 aliphatic rings. The average molecular weight is 375 g/mol. The normalized spacial score (nSPS) is 22.3. The fraction of sp³-hybridized carbons (Fsp3) is 1.00. The third-order valence-electron chi connectivity index (χ3n) is 5.23. The molecule has 0 spiro atoms. The van der Waals surface area contributed by atoms with Crippen LogP contribution in [0.3, 0.4) is 0 Å². The van der Waals surface area contributed by atoms with E-state index >= 15 is 0 Å². The van der Waals surface area contributed by atoms with Gasteiger partial charge in [-0.15, -0.1) is 0 Å². The molecule has 0 aromatic rings. The summed E-state index contributed by atoms with van der Waals surface area (Å²) in [5.74, 6) is 0. The molecule has 3 nitrogen and oxygen atoms in total. The van der Waals surface area contributed by atoms with Crippen LogP contribution in [0.4, 0.5) is 0 Å². The van der Waals surface area contributed by atoms with E-state index in [1.165, 1.54) is 51.4 Å². The van der Waals surface area contributed by atoms with Crippen LogP contribution in [0.1, 0.15) is 106 Å². The first-order valence-electron chi connectivity index (χ1n) is 11.0. The lowest BCUT2D eigenvalue weighted by molar-refractivity contribution is -0.0426. The molecule has 0 saturated carbocycles. The molecule has 0 N–H and O–H groups in total. The molecular weight excluding hydrogens is 328 g/mol. The lowest BCUT2D eigenvalue weighted by atomic mass is 10.1. The third kappa shape index (κ3) is 8.11. The second-order valence-corrected chi connectivity index (χ2v) is 10.5. The van der Waals surface area contributed by atoms with E-state index in [1.54, 1.807) is 0 Å². The van der Waals surface area contributed by atoms with E-state index in [0.717, 1.165) is 38.7 Å². The van der Waals surface area contributed by atoms with Crippen molar-refractivity contribution >= 4 is 8.56 Å². The van der Waals surface area contributed by atoms with Crippen LogP contribution >= 0.6 is 0 Å². The van der Waals surface area contributed by atoms with Crippen LogP contribution in [0.5, 0.6) is 0 Å². The standard InChI is InChI=1S/C13H28O3Si.C8H18/c1-5-13(14-6-2)11-9-10-12-17(13,15-7-3)16-8-4;1-3-5-7-8-6-4-2/h5-12H2,1-4H3;3-8H2,1-2H3. The minimum atomic E-state index is -2.21. The van der Waals surface area contributed by atoms with Crippen molar-refractivity contribution in [2.45, 2.75) is 117 Å². The second kappa shape index (κ2) is 15.2. The Labute approximate surface area is 159 Å². The first-order chi connectivity index (χ1) is 12.1. The van der Waals surface area contributed by atoms with Crippen LogP contribution in [-0.4, -0.2) is 33.6 Å². The number of hydrogen-bond acceptors (Lipinski definition) is 3. The van der Waals surface area contributed by atoms with Crippen molar-refractivity contribution < 1.29 is 13.6 Å². The Balaban J connectivity index is 0.000000609. The van der Waals surface area contributed by atoms with Crippen LogP contribution in [0.2, 0.25) is 6.04 Å². The van der Waals surface area contributed by atoms with Crippen molar-refractivity contribution in [2.75, 3.05) is 19.8 Å². The van der Waals surface area contributed by atoms with Gasteiger partial charge in [-0.3, -0.25) is 0 Å². The van der Waals surface area contributed by atoms with Gasteiger partial charge >= 0.3 is 8.56 Å². The lowest BCUT2D eigenvalue weighted by Crippen LogP contribution is -2.65. The fourth-order valence-electron chi connectivity index (χ4n) is 3.96. The minimum Gasteiger partial charge on any atom is -0.393 e. The van der Waals surface area contributed by atoms with Gasteiger partial charge in [0.05, 0.1) is 0 Å². The van der Waals surface area contributed by atoms with Gasteiger partial charge in [-0.05, 0) is 39.7 Å². The van der Waals surface area contributed by atoms with E-state index < -0.39 is 8.56 Å². The largest absolute Gasteiger partial charge is 0.393 e. The highest BCUT2D eigenvalue weighted by molar-refractivity contribution is 6.70. The van der Waals surface area contributed by atoms with Gasteiger partial charge in [0.1, 0.15) is 5.22 Å². The van der Waals surface area contributed by atoms with Gasteiger partial charge in [0.2, 0.25) is 0 Å². The molecule has 0 aromatic carbocycles. The van der Waals surface area contributed by atoms with Crippen molar-refractivity contribution in [3.63, 3.8) is 0 Å². The summed E-state index contributed by atoms with van der Waals surface area (Å²) in [5, 5.41) is -0.119. The molecule has 0 aromatic heterocycles. The van der Waals surface area contributed by atoms with Crippen LogP contribution in [0.15, 0.2) is 0 Å². The van der Waals surface area contributed by atoms with E-state index in [4.69, 9.17) is 13.6 Å². The zero-order valence-electron chi connectivity index (χ0n) is 18.1. The molecule has 1 unspecified atom stereocenters. The molecule has 25 heavy (non-hydrogen) atoms. The molecule has 1 fully saturated rings. The second-order valence-electron chi connectivity index (χ2n) is 7.02. The third-order valence-corrected chi connectivity index (χ3v) is 9.89. The molecular formula is C21H46O3Si. The van der Waals surface area contributed by atoms with Gasteiger partial charge in [-0.2, -0.15) is 0 Å². The fourth-order valence-corrected chi connectivity index (χ4v) is 8.42. The molecule has 0 aliphatic carbocycles. The number of unbranched alkanes of at least 4 members (excludes halogenated alkanes) is 5. The smallest absolute Gasteiger partial charge is 0.371 e. The summed E-state index contributed by atoms with van der Waals surface area (Å²) < 4.78 is 18.5. The van der Waals surface area contributed by atoms with Gasteiger partial charge in [-0.1, -0.05) is 72.1 Å². The molecule has 1 saturated heterocycles. The molecule has 1 aliphatic heterocycles. The Morgan fingerprint density at radius 2 is 1.28 bits per heavy atom. The molecule has 0 amide bonds. The topological polar surface area (TPSA) is 27.7 Å². The van der Waals surface area contributed by atoms with E-state index in [0.29, 0.717) is 0 Å². The van der Waals surface area contributed by atoms with Crippen molar-refractivity contribution in [1.29, 1.82) is 0 Å². The van der Waals surface area contributed by atoms with Crippen LogP contribution in [0, 0.1) is 0 Å². The predicted molar refractivity (Wildman–Crippen MR) is 111 cm³/mol. The Kier molecular flexibility index (Phi) is 15.2. The Bertz CT molecular complexity index is 277. The maximum absolute atomic E-state index is 6.16. The number of ether oxygens (including phenoxy) is 1. The van der Waals surface area contributed by atoms with E-state index in [9.17, 15) is 0 Å². The zero-order chi connectivity index (χ0) is 19.0. The highest BCUT2D eigenvalue weighted by atomic mass is 28.4. The van der Waals surface area contributed by atoms with E-state index in [1.807, 2.05) is 0 Å². The van der Waals surface area contributed by atoms with Crippen LogP contribution in [0.25, 0.3) is 0 Å². The Hall–Kier alpha value is 0.0969. The maximum atomic E-state index is 6.16. The van der Waals surface area contributed by atoms with E-state index in [-0.39, 0.29) is 5.22 Å². The SMILES string of the molecule is CCCCCCCC.CCOC1(CC)CCCC[Si]1(OCC)OCC. The van der Waals surface area contributed by atoms with Gasteiger partial charge in [0.25, 0.3) is 0 Å². The Morgan fingerprint density at radius 1 is 0.720 bits per heavy atom. The highest BCUT2D eigenvalue weighted by Gasteiger charge is 2.58. The molecule has 1 rings (SSSR count). The molecule has 1 atom stereocenters. The average Bonchev–Trinajstić information content (AvgIpc) is 2.62. The quantitative estimate of drug-likeness (QED) is 0.278. The Morgan fingerprint density at radius 3 is 1.68 bits per heavy atom. The van der Waals surface area contributed by atoms with Gasteiger partial charge in [0, 0.05) is 19.8 Å². The van der Waals surface area contributed by atoms with Gasteiger partial charge in [0.15, 0.2) is 0 Å². The maximum Gasteiger partial charge on any atom is 0.371 e. The first-order valence-corrected chi connectivity index (χ1v) is 13.1. The van der Waals surface area contributed by atoms with Crippen molar-refractivity contribution in [3.8, 4) is 0 Å². The van der Waals surface area contributed by atoms with Gasteiger partial charge in [-0.25, -0.2) is 0 Å². The first kappa shape index (κ1) is 25.1. The van der Waals surface area contributed by atoms with Crippen LogP contribution < -0.4 is 0 Å². The number of rotatable bonds is 12. The van der Waals surface area contributed by atoms with Crippen LogP contribution in [-0.2, 0) is 13.6 Å². The summed E-state index contributed by atoms with van der Waals surface area (Å²) in [4.78, 5) is 0. The summed E-state index contributed by atoms with van der Waals surface area (Å²) >= 11 is 0. The summed E-state index contributed by atoms with van der Waals surface area (Å²) in [7, 11) is -2.21. The molecule has 1 heterocycles. The molecule has 152 valence electrons. The zero-order valence-corrected chi connectivity index (χ0v) is 19.1. The summed E-state index contributed by atoms with van der Waals surface area (Å²) in [6.07, 6.45) is 13.1. The van der Waals surface area contributed by atoms with Crippen molar-refractivity contribution in [2.24, 2.45) is 0 Å². The van der Waals surface area contributed by atoms with E-state index in [2.05, 4.69) is 41.5 Å². The highest BCUT2D eigenvalue weighted by Crippen LogP contribution is 2.42. The predicted octanol–water partition coefficient (Wildman–Crippen LogP) is 6.78. The number of hydrogen-bond donors (Lipinski definition) is 0. The van der Waals surface area contributed by atoms with Gasteiger partial charge < -0.3 is 13.6 Å². The lowest BCUT2D eigenvalue weighted by Gasteiger charge is -2.49. The molecule has 0 bridgehead atoms. The van der Waals surface area contributed by atoms with Crippen molar-refractivity contribution in [3.05, 3.63) is 0 Å². The van der Waals surface area contributed by atoms with Crippen molar-refractivity contribution in [1.82, 2.24) is 0 Å². The monoisotopic (exact) mass is 374 g/mol. The summed E-state index contributed by atoms with van der Waals surface area (Å²) in [6, 6.07) is 1.09. The summed E-state index contributed by atoms with van der Waals surface area (Å²) in [6.45, 7) is 15.1. The molecule has 4 heteroatoms. The minimum absolute atomic E-state index is 0.119.